The number of carboxylic acids is 1. The summed E-state index contributed by atoms with van der Waals surface area (Å²) in [6.07, 6.45) is -1.26. The van der Waals surface area contributed by atoms with Crippen LogP contribution in [0.3, 0.4) is 0 Å². The standard InChI is InChI=1S/C20H22N6O3.C2HF3O2/c1-28-17-15(29-11-3-7-21)6-5-14-16(17)24-20(26-10-9-23-18(14)26)25-19(27)13-4-2-8-22-12-13;3-2(4,5)1(6)7/h2,4-6,8,12,23H,3,7,9-11,21H2,1H3;(H,6,7). The third kappa shape index (κ3) is 6.07. The highest BCUT2D eigenvalue weighted by atomic mass is 19.4. The van der Waals surface area contributed by atoms with Crippen molar-refractivity contribution in [3.8, 4) is 11.5 Å². The van der Waals surface area contributed by atoms with Gasteiger partial charge in [0.05, 0.1) is 19.3 Å². The van der Waals surface area contributed by atoms with Crippen molar-refractivity contribution in [3.05, 3.63) is 47.8 Å². The van der Waals surface area contributed by atoms with E-state index in [-0.39, 0.29) is 0 Å². The summed E-state index contributed by atoms with van der Waals surface area (Å²) in [6, 6.07) is 7.16. The second-order valence-electron chi connectivity index (χ2n) is 7.28. The van der Waals surface area contributed by atoms with Gasteiger partial charge in [-0.2, -0.15) is 18.2 Å². The number of nitrogens with two attached hydrogens (primary N) is 1. The van der Waals surface area contributed by atoms with Crippen molar-refractivity contribution < 1.29 is 37.3 Å². The van der Waals surface area contributed by atoms with Crippen LogP contribution in [0, 0.1) is 0 Å². The fraction of sp³-hybridized carbons (Fsp3) is 0.318. The van der Waals surface area contributed by atoms with Crippen molar-refractivity contribution in [2.75, 3.05) is 32.1 Å². The van der Waals surface area contributed by atoms with Gasteiger partial charge < -0.3 is 25.6 Å². The summed E-state index contributed by atoms with van der Waals surface area (Å²) in [5.41, 5.74) is 6.84. The van der Waals surface area contributed by atoms with Gasteiger partial charge in [-0.3, -0.25) is 14.3 Å². The molecule has 1 aliphatic heterocycles. The monoisotopic (exact) mass is 508 g/mol. The zero-order chi connectivity index (χ0) is 26.3. The molecular formula is C22H23F3N6O5. The van der Waals surface area contributed by atoms with E-state index in [2.05, 4.69) is 20.3 Å². The fourth-order valence-corrected chi connectivity index (χ4v) is 3.26. The number of nitrogens with zero attached hydrogens (tertiary/aromatic N) is 4. The number of fused-ring (bicyclic) bond motifs is 3. The van der Waals surface area contributed by atoms with Gasteiger partial charge in [-0.25, -0.2) is 9.78 Å². The Balaban J connectivity index is 0.000000454. The predicted octanol–water partition coefficient (Wildman–Crippen LogP) is 1.97. The van der Waals surface area contributed by atoms with Crippen LogP contribution in [0.4, 0.5) is 19.0 Å². The van der Waals surface area contributed by atoms with Gasteiger partial charge in [0.2, 0.25) is 5.62 Å². The van der Waals surface area contributed by atoms with Gasteiger partial charge in [0.25, 0.3) is 5.91 Å². The fourth-order valence-electron chi connectivity index (χ4n) is 3.26. The van der Waals surface area contributed by atoms with Crippen LogP contribution in [0.25, 0.3) is 10.9 Å². The maximum atomic E-state index is 12.6. The second-order valence-corrected chi connectivity index (χ2v) is 7.28. The Morgan fingerprint density at radius 3 is 2.67 bits per heavy atom. The van der Waals surface area contributed by atoms with Crippen LogP contribution in [-0.4, -0.2) is 64.5 Å². The van der Waals surface area contributed by atoms with E-state index in [1.165, 1.54) is 6.20 Å². The van der Waals surface area contributed by atoms with E-state index in [0.29, 0.717) is 47.9 Å². The molecule has 0 bridgehead atoms. The van der Waals surface area contributed by atoms with Crippen LogP contribution in [0.5, 0.6) is 11.5 Å². The van der Waals surface area contributed by atoms with E-state index in [0.717, 1.165) is 24.2 Å². The van der Waals surface area contributed by atoms with Crippen molar-refractivity contribution in [2.24, 2.45) is 10.7 Å². The number of amides is 1. The first-order valence-electron chi connectivity index (χ1n) is 10.6. The molecule has 11 nitrogen and oxygen atoms in total. The van der Waals surface area contributed by atoms with E-state index in [4.69, 9.17) is 25.1 Å². The highest BCUT2D eigenvalue weighted by Gasteiger charge is 2.38. The SMILES string of the molecule is COc1c(OCCCN)ccc2c3n(c(=NC(=O)c4cccnc4)nc12)CCN3.O=C(O)C(F)(F)F. The van der Waals surface area contributed by atoms with Crippen LogP contribution < -0.4 is 26.1 Å². The van der Waals surface area contributed by atoms with Gasteiger partial charge in [-0.1, -0.05) is 0 Å². The molecule has 4 rings (SSSR count). The molecule has 0 fully saturated rings. The molecule has 0 unspecified atom stereocenters. The number of anilines is 1. The molecule has 0 aliphatic carbocycles. The van der Waals surface area contributed by atoms with Gasteiger partial charge in [-0.05, 0) is 37.2 Å². The molecule has 0 atom stereocenters. The van der Waals surface area contributed by atoms with Crippen LogP contribution in [-0.2, 0) is 11.3 Å². The van der Waals surface area contributed by atoms with Crippen LogP contribution in [0.1, 0.15) is 16.8 Å². The lowest BCUT2D eigenvalue weighted by Crippen LogP contribution is -2.25. The van der Waals surface area contributed by atoms with Crippen molar-refractivity contribution >= 4 is 28.6 Å². The summed E-state index contributed by atoms with van der Waals surface area (Å²) in [4.78, 5) is 34.4. The molecule has 192 valence electrons. The smallest absolute Gasteiger partial charge is 0.490 e. The average Bonchev–Trinajstić information content (AvgIpc) is 3.35. The third-order valence-electron chi connectivity index (χ3n) is 4.86. The number of aromatic nitrogens is 3. The molecule has 14 heteroatoms. The molecule has 2 aromatic heterocycles. The summed E-state index contributed by atoms with van der Waals surface area (Å²) in [5, 5.41) is 11.3. The molecule has 0 spiro atoms. The number of rotatable bonds is 6. The first-order valence-corrected chi connectivity index (χ1v) is 10.6. The van der Waals surface area contributed by atoms with E-state index >= 15 is 0 Å². The average molecular weight is 508 g/mol. The Labute approximate surface area is 202 Å². The van der Waals surface area contributed by atoms with Gasteiger partial charge in [0.15, 0.2) is 11.5 Å². The second kappa shape index (κ2) is 11.5. The number of aliphatic carboxylic acids is 1. The molecule has 1 aliphatic rings. The quantitative estimate of drug-likeness (QED) is 0.424. The molecule has 3 heterocycles. The normalized spacial score (nSPS) is 12.9. The molecule has 1 amide bonds. The lowest BCUT2D eigenvalue weighted by Gasteiger charge is -2.14. The maximum absolute atomic E-state index is 12.6. The maximum Gasteiger partial charge on any atom is 0.490 e. The summed E-state index contributed by atoms with van der Waals surface area (Å²) < 4.78 is 45.0. The van der Waals surface area contributed by atoms with E-state index in [9.17, 15) is 18.0 Å². The minimum Gasteiger partial charge on any atom is -0.491 e. The van der Waals surface area contributed by atoms with Crippen molar-refractivity contribution in [3.63, 3.8) is 0 Å². The van der Waals surface area contributed by atoms with Gasteiger partial charge in [0.1, 0.15) is 11.3 Å². The molecule has 3 aromatic rings. The Morgan fingerprint density at radius 2 is 2.06 bits per heavy atom. The molecule has 1 aromatic carbocycles. The number of hydrogen-bond donors (Lipinski definition) is 3. The minimum absolute atomic E-state index is 0.309. The Morgan fingerprint density at radius 1 is 1.31 bits per heavy atom. The Bertz CT molecular complexity index is 1310. The van der Waals surface area contributed by atoms with Crippen molar-refractivity contribution in [1.29, 1.82) is 0 Å². The number of carboxylic acid groups (broad SMARTS) is 1. The zero-order valence-electron chi connectivity index (χ0n) is 19.1. The number of halogens is 3. The summed E-state index contributed by atoms with van der Waals surface area (Å²) in [6.45, 7) is 2.41. The Kier molecular flexibility index (Phi) is 8.42. The Hall–Kier alpha value is -4.20. The van der Waals surface area contributed by atoms with Crippen LogP contribution in [0.15, 0.2) is 41.7 Å². The number of benzene rings is 1. The van der Waals surface area contributed by atoms with Crippen LogP contribution >= 0.6 is 0 Å². The van der Waals surface area contributed by atoms with Crippen LogP contribution in [0.2, 0.25) is 0 Å². The minimum atomic E-state index is -5.08. The number of hydrogen-bond acceptors (Lipinski definition) is 8. The largest absolute Gasteiger partial charge is 0.491 e. The highest BCUT2D eigenvalue weighted by Crippen LogP contribution is 2.37. The number of alkyl halides is 3. The highest BCUT2D eigenvalue weighted by molar-refractivity contribution is 5.96. The van der Waals surface area contributed by atoms with Crippen molar-refractivity contribution in [1.82, 2.24) is 14.5 Å². The number of ether oxygens (including phenoxy) is 2. The predicted molar refractivity (Wildman–Crippen MR) is 122 cm³/mol. The number of carbonyl (C=O) groups is 2. The molecular weight excluding hydrogens is 485 g/mol. The number of nitrogens with one attached hydrogen (secondary N) is 1. The van der Waals surface area contributed by atoms with E-state index in [1.54, 1.807) is 25.4 Å². The van der Waals surface area contributed by atoms with Gasteiger partial charge in [-0.15, -0.1) is 0 Å². The molecule has 0 saturated heterocycles. The van der Waals surface area contributed by atoms with Gasteiger partial charge >= 0.3 is 12.1 Å². The first kappa shape index (κ1) is 26.4. The first-order chi connectivity index (χ1) is 17.2. The zero-order valence-corrected chi connectivity index (χ0v) is 19.1. The molecule has 0 saturated carbocycles. The molecule has 36 heavy (non-hydrogen) atoms. The molecule has 4 N–H and O–H groups in total. The summed E-state index contributed by atoms with van der Waals surface area (Å²) >= 11 is 0. The van der Waals surface area contributed by atoms with Gasteiger partial charge in [0, 0.05) is 30.9 Å². The number of pyridine rings is 1. The number of methoxy groups -OCH3 is 1. The third-order valence-corrected chi connectivity index (χ3v) is 4.86. The molecule has 0 radical (unpaired) electrons. The van der Waals surface area contributed by atoms with Crippen molar-refractivity contribution in [2.45, 2.75) is 19.1 Å². The van der Waals surface area contributed by atoms with E-state index < -0.39 is 18.1 Å². The summed E-state index contributed by atoms with van der Waals surface area (Å²) in [5.74, 6) is -1.23. The lowest BCUT2D eigenvalue weighted by molar-refractivity contribution is -0.192. The van der Waals surface area contributed by atoms with E-state index in [1.807, 2.05) is 16.7 Å². The topological polar surface area (TPSA) is 154 Å². The number of carbonyl (C=O) groups excluding carboxylic acids is 1. The lowest BCUT2D eigenvalue weighted by atomic mass is 10.2. The summed E-state index contributed by atoms with van der Waals surface area (Å²) in [7, 11) is 1.57.